The van der Waals surface area contributed by atoms with E-state index in [0.29, 0.717) is 22.7 Å². The molecular formula is C24H32F2OS6. The van der Waals surface area contributed by atoms with Gasteiger partial charge in [0.05, 0.1) is 20.4 Å². The lowest BCUT2D eigenvalue weighted by Crippen LogP contribution is -2.33. The van der Waals surface area contributed by atoms with Gasteiger partial charge in [-0.3, -0.25) is 0 Å². The fourth-order valence-electron chi connectivity index (χ4n) is 4.06. The Morgan fingerprint density at radius 3 is 1.97 bits per heavy atom. The second-order valence-electron chi connectivity index (χ2n) is 8.40. The van der Waals surface area contributed by atoms with Crippen molar-refractivity contribution in [3.63, 3.8) is 0 Å². The second-order valence-corrected chi connectivity index (χ2v) is 16.3. The molecule has 1 aromatic rings. The molecule has 1 aromatic carbocycles. The quantitative estimate of drug-likeness (QED) is 0.303. The lowest BCUT2D eigenvalue weighted by atomic mass is 10.2. The van der Waals surface area contributed by atoms with Crippen LogP contribution in [0.3, 0.4) is 0 Å². The molecule has 3 fully saturated rings. The predicted octanol–water partition coefficient (Wildman–Crippen LogP) is 8.27. The lowest BCUT2D eigenvalue weighted by Gasteiger charge is -2.39. The minimum absolute atomic E-state index is 0.00855. The van der Waals surface area contributed by atoms with E-state index in [1.165, 1.54) is 23.0 Å². The van der Waals surface area contributed by atoms with E-state index in [2.05, 4.69) is 66.1 Å². The molecule has 0 radical (unpaired) electrons. The van der Waals surface area contributed by atoms with Gasteiger partial charge in [-0.1, -0.05) is 25.1 Å². The van der Waals surface area contributed by atoms with Gasteiger partial charge < -0.3 is 4.74 Å². The van der Waals surface area contributed by atoms with Crippen molar-refractivity contribution in [2.45, 2.75) is 34.0 Å². The van der Waals surface area contributed by atoms with Crippen LogP contribution in [0.5, 0.6) is 5.75 Å². The molecule has 0 aliphatic carbocycles. The van der Waals surface area contributed by atoms with Crippen LogP contribution in [-0.2, 0) is 0 Å². The zero-order valence-corrected chi connectivity index (χ0v) is 23.9. The van der Waals surface area contributed by atoms with E-state index in [1.54, 1.807) is 42.6 Å². The number of ether oxygens (including phenoxy) is 1. The maximum Gasteiger partial charge on any atom is 0.200 e. The van der Waals surface area contributed by atoms with Crippen LogP contribution >= 0.6 is 70.6 Å². The molecule has 0 saturated carbocycles. The first-order valence-electron chi connectivity index (χ1n) is 11.6. The molecule has 33 heavy (non-hydrogen) atoms. The zero-order valence-electron chi connectivity index (χ0n) is 19.0. The van der Waals surface area contributed by atoms with Gasteiger partial charge >= 0.3 is 0 Å². The molecule has 0 unspecified atom stereocenters. The highest BCUT2D eigenvalue weighted by Gasteiger charge is 2.37. The van der Waals surface area contributed by atoms with Crippen molar-refractivity contribution in [2.75, 3.05) is 41.1 Å². The molecular weight excluding hydrogens is 535 g/mol. The van der Waals surface area contributed by atoms with Gasteiger partial charge in [0, 0.05) is 28.6 Å². The summed E-state index contributed by atoms with van der Waals surface area (Å²) in [5, 5.41) is 0. The summed E-state index contributed by atoms with van der Waals surface area (Å²) < 4.78 is 35.5. The number of hydrogen-bond acceptors (Lipinski definition) is 7. The van der Waals surface area contributed by atoms with Gasteiger partial charge in [0.2, 0.25) is 5.82 Å². The Hall–Kier alpha value is 0.720. The molecule has 3 saturated heterocycles. The van der Waals surface area contributed by atoms with Gasteiger partial charge in [-0.15, -0.1) is 70.6 Å². The summed E-state index contributed by atoms with van der Waals surface area (Å²) in [7, 11) is 0. The van der Waals surface area contributed by atoms with E-state index in [4.69, 9.17) is 4.74 Å². The molecule has 3 aliphatic heterocycles. The van der Waals surface area contributed by atoms with E-state index in [9.17, 15) is 8.78 Å². The topological polar surface area (TPSA) is 9.23 Å². The Morgan fingerprint density at radius 1 is 0.818 bits per heavy atom. The number of rotatable bonds is 7. The first kappa shape index (κ1) is 26.8. The Balaban J connectivity index is 1.23. The highest BCUT2D eigenvalue weighted by molar-refractivity contribution is 8.19. The number of halogens is 2. The van der Waals surface area contributed by atoms with Crippen molar-refractivity contribution in [2.24, 2.45) is 17.8 Å². The van der Waals surface area contributed by atoms with Crippen molar-refractivity contribution >= 4 is 70.6 Å². The Kier molecular flexibility index (Phi) is 10.8. The van der Waals surface area contributed by atoms with Crippen LogP contribution in [0.2, 0.25) is 0 Å². The fourth-order valence-corrected chi connectivity index (χ4v) is 14.9. The first-order valence-corrected chi connectivity index (χ1v) is 17.9. The third-order valence-corrected chi connectivity index (χ3v) is 16.0. The van der Waals surface area contributed by atoms with Crippen LogP contribution in [0.25, 0.3) is 0 Å². The van der Waals surface area contributed by atoms with Crippen molar-refractivity contribution in [3.05, 3.63) is 41.5 Å². The molecule has 9 heteroatoms. The Bertz CT molecular complexity index is 785. The van der Waals surface area contributed by atoms with Gasteiger partial charge in [-0.2, -0.15) is 4.39 Å². The molecule has 1 nitrogen and oxygen atoms in total. The minimum Gasteiger partial charge on any atom is -0.491 e. The molecule has 0 bridgehead atoms. The van der Waals surface area contributed by atoms with Crippen molar-refractivity contribution in [1.29, 1.82) is 0 Å². The smallest absolute Gasteiger partial charge is 0.200 e. The van der Waals surface area contributed by atoms with Crippen LogP contribution in [0.15, 0.2) is 24.3 Å². The lowest BCUT2D eigenvalue weighted by molar-refractivity contribution is 0.313. The van der Waals surface area contributed by atoms with Gasteiger partial charge in [-0.25, -0.2) is 4.39 Å². The third kappa shape index (κ3) is 6.94. The van der Waals surface area contributed by atoms with Crippen LogP contribution in [0, 0.1) is 29.4 Å². The van der Waals surface area contributed by atoms with Crippen LogP contribution < -0.4 is 4.74 Å². The minimum atomic E-state index is -0.853. The van der Waals surface area contributed by atoms with E-state index in [1.807, 2.05) is 0 Å². The number of allylic oxidation sites excluding steroid dienone is 2. The third-order valence-electron chi connectivity index (χ3n) is 5.87. The predicted molar refractivity (Wildman–Crippen MR) is 152 cm³/mol. The van der Waals surface area contributed by atoms with Crippen molar-refractivity contribution < 1.29 is 13.5 Å². The summed E-state index contributed by atoms with van der Waals surface area (Å²) in [6, 6.07) is 3.27. The summed E-state index contributed by atoms with van der Waals surface area (Å²) in [6.07, 6.45) is 5.86. The molecule has 3 heterocycles. The number of hydrogen-bond donors (Lipinski definition) is 0. The number of benzene rings is 1. The molecule has 4 rings (SSSR count). The van der Waals surface area contributed by atoms with E-state index < -0.39 is 11.6 Å². The first-order chi connectivity index (χ1) is 16.1. The highest BCUT2D eigenvalue weighted by Crippen LogP contribution is 2.52. The summed E-state index contributed by atoms with van der Waals surface area (Å²) in [5.74, 6) is 7.64. The van der Waals surface area contributed by atoms with E-state index >= 15 is 0 Å². The Morgan fingerprint density at radius 2 is 1.39 bits per heavy atom. The molecule has 0 spiro atoms. The Labute approximate surface area is 222 Å². The summed E-state index contributed by atoms with van der Waals surface area (Å²) in [4.78, 5) is 0. The zero-order chi connectivity index (χ0) is 23.2. The SMILES string of the molecule is CCC=CC1CSC(C2CSC(C3CSC(c4ccc(OCC)c(F)c4F)SC3)SC2)SC1. The van der Waals surface area contributed by atoms with Gasteiger partial charge in [0.25, 0.3) is 0 Å². The normalized spacial score (nSPS) is 33.3. The highest BCUT2D eigenvalue weighted by atomic mass is 32.2. The van der Waals surface area contributed by atoms with Gasteiger partial charge in [0.1, 0.15) is 0 Å². The molecule has 0 amide bonds. The van der Waals surface area contributed by atoms with Crippen LogP contribution in [0.1, 0.15) is 30.4 Å². The maximum atomic E-state index is 14.6. The second kappa shape index (κ2) is 13.3. The summed E-state index contributed by atoms with van der Waals surface area (Å²) >= 11 is 12.2. The van der Waals surface area contributed by atoms with E-state index in [0.717, 1.165) is 34.3 Å². The molecule has 3 aliphatic rings. The molecule has 184 valence electrons. The van der Waals surface area contributed by atoms with Crippen LogP contribution in [0.4, 0.5) is 8.78 Å². The summed E-state index contributed by atoms with van der Waals surface area (Å²) in [6.45, 7) is 4.31. The van der Waals surface area contributed by atoms with Crippen molar-refractivity contribution in [1.82, 2.24) is 0 Å². The average molecular weight is 567 g/mol. The molecule has 0 atom stereocenters. The van der Waals surface area contributed by atoms with Crippen LogP contribution in [-0.4, -0.2) is 50.3 Å². The average Bonchev–Trinajstić information content (AvgIpc) is 2.86. The monoisotopic (exact) mass is 566 g/mol. The fraction of sp³-hybridized carbons (Fsp3) is 0.667. The van der Waals surface area contributed by atoms with Gasteiger partial charge in [-0.05, 0) is 48.7 Å². The molecule has 0 aromatic heterocycles. The van der Waals surface area contributed by atoms with Gasteiger partial charge in [0.15, 0.2) is 11.6 Å². The number of thioether (sulfide) groups is 6. The maximum absolute atomic E-state index is 14.6. The standard InChI is InChI=1S/C24H32F2OS6/c1-3-5-6-15-9-28-22(29-10-15)16-11-30-23(31-12-16)17-13-32-24(33-14-17)18-7-8-19(27-4-2)21(26)20(18)25/h5-8,15-17,22-24H,3-4,9-14H2,1-2H3. The largest absolute Gasteiger partial charge is 0.491 e. The van der Waals surface area contributed by atoms with E-state index in [-0.39, 0.29) is 10.3 Å². The van der Waals surface area contributed by atoms with Crippen molar-refractivity contribution in [3.8, 4) is 5.75 Å². The summed E-state index contributed by atoms with van der Waals surface area (Å²) in [5.41, 5.74) is 0.465. The molecule has 0 N–H and O–H groups in total.